The Balaban J connectivity index is 0.00000205. The molecule has 3 fully saturated rings. The molecule has 1 aromatic carbocycles. The number of rotatable bonds is 3. The molecule has 6 heteroatoms. The van der Waals surface area contributed by atoms with Crippen LogP contribution in [-0.2, 0) is 0 Å². The number of carbonyl (C=O) groups excluding carboxylic acids is 1. The summed E-state index contributed by atoms with van der Waals surface area (Å²) in [7, 11) is 0. The Morgan fingerprint density at radius 3 is 2.72 bits per heavy atom. The van der Waals surface area contributed by atoms with Gasteiger partial charge in [0.15, 0.2) is 0 Å². The first-order valence-corrected chi connectivity index (χ1v) is 10.8. The maximum absolute atomic E-state index is 13.7. The predicted octanol–water partition coefficient (Wildman–Crippen LogP) is 4.22. The fourth-order valence-electron chi connectivity index (χ4n) is 5.77. The molecule has 2 N–H and O–H groups in total. The van der Waals surface area contributed by atoms with Gasteiger partial charge in [-0.15, -0.1) is 12.4 Å². The molecule has 2 aliphatic heterocycles. The molecule has 0 bridgehead atoms. The lowest BCUT2D eigenvalue weighted by Gasteiger charge is -2.30. The van der Waals surface area contributed by atoms with Crippen molar-refractivity contribution in [3.05, 3.63) is 52.8 Å². The Bertz CT molecular complexity index is 860. The highest BCUT2D eigenvalue weighted by atomic mass is 35.5. The van der Waals surface area contributed by atoms with Crippen molar-refractivity contribution in [3.8, 4) is 0 Å². The number of aryl methyl sites for hydroxylation is 1. The van der Waals surface area contributed by atoms with Gasteiger partial charge in [-0.1, -0.05) is 43.5 Å². The van der Waals surface area contributed by atoms with Crippen LogP contribution in [0.15, 0.2) is 30.5 Å². The summed E-state index contributed by atoms with van der Waals surface area (Å²) in [4.78, 5) is 15.9. The molecule has 0 spiro atoms. The van der Waals surface area contributed by atoms with Crippen LogP contribution < -0.4 is 5.32 Å². The summed E-state index contributed by atoms with van der Waals surface area (Å²) in [5.74, 6) is 1.65. The molecule has 156 valence electrons. The van der Waals surface area contributed by atoms with Crippen molar-refractivity contribution in [1.29, 1.82) is 0 Å². The first-order valence-electron chi connectivity index (χ1n) is 10.8. The SMILES string of the molecule is Cc1ccccc1[C@@H]1[C@H]2CNC[C@H]2CN1C(=O)c1cn[nH]c1C1CCCCC1.Cl. The van der Waals surface area contributed by atoms with Gasteiger partial charge in [0.2, 0.25) is 0 Å². The number of aromatic amines is 1. The predicted molar refractivity (Wildman–Crippen MR) is 116 cm³/mol. The Hall–Kier alpha value is -1.85. The highest BCUT2D eigenvalue weighted by molar-refractivity contribution is 5.96. The van der Waals surface area contributed by atoms with Crippen LogP contribution in [0.2, 0.25) is 0 Å². The molecule has 3 atom stereocenters. The molecule has 1 amide bonds. The number of halogens is 1. The van der Waals surface area contributed by atoms with E-state index in [2.05, 4.69) is 51.6 Å². The van der Waals surface area contributed by atoms with Crippen molar-refractivity contribution in [2.24, 2.45) is 11.8 Å². The monoisotopic (exact) mass is 414 g/mol. The third-order valence-corrected chi connectivity index (χ3v) is 7.25. The summed E-state index contributed by atoms with van der Waals surface area (Å²) in [6.45, 7) is 5.01. The molecule has 2 aromatic rings. The van der Waals surface area contributed by atoms with E-state index in [1.54, 1.807) is 6.20 Å². The van der Waals surface area contributed by atoms with Crippen molar-refractivity contribution >= 4 is 18.3 Å². The highest BCUT2D eigenvalue weighted by Crippen LogP contribution is 2.44. The third-order valence-electron chi connectivity index (χ3n) is 7.25. The second-order valence-electron chi connectivity index (χ2n) is 8.87. The summed E-state index contributed by atoms with van der Waals surface area (Å²) in [5.41, 5.74) is 4.45. The van der Waals surface area contributed by atoms with Gasteiger partial charge in [-0.25, -0.2) is 0 Å². The standard InChI is InChI=1S/C23H30N4O.ClH/c1-15-7-5-6-10-18(15)22-19-12-24-11-17(19)14-27(22)23(28)20-13-25-26-21(20)16-8-3-2-4-9-16;/h5-7,10,13,16-17,19,22,24H,2-4,8-9,11-12,14H2,1H3,(H,25,26);1H/t17-,19-,22+;/m0./s1. The molecule has 3 heterocycles. The first-order chi connectivity index (χ1) is 13.7. The zero-order valence-corrected chi connectivity index (χ0v) is 17.9. The number of nitrogens with zero attached hydrogens (tertiary/aromatic N) is 2. The first kappa shape index (κ1) is 20.4. The summed E-state index contributed by atoms with van der Waals surface area (Å²) in [6, 6.07) is 8.72. The van der Waals surface area contributed by atoms with E-state index in [1.807, 2.05) is 0 Å². The quantitative estimate of drug-likeness (QED) is 0.790. The van der Waals surface area contributed by atoms with Crippen LogP contribution in [0.5, 0.6) is 0 Å². The van der Waals surface area contributed by atoms with Crippen molar-refractivity contribution in [1.82, 2.24) is 20.4 Å². The largest absolute Gasteiger partial charge is 0.331 e. The van der Waals surface area contributed by atoms with Gasteiger partial charge in [0.05, 0.1) is 23.5 Å². The Kier molecular flexibility index (Phi) is 5.98. The second kappa shape index (κ2) is 8.49. The maximum Gasteiger partial charge on any atom is 0.257 e. The number of H-pyrrole nitrogens is 1. The van der Waals surface area contributed by atoms with E-state index in [0.717, 1.165) is 30.9 Å². The van der Waals surface area contributed by atoms with Crippen LogP contribution in [0.1, 0.15) is 71.2 Å². The van der Waals surface area contributed by atoms with E-state index in [9.17, 15) is 4.79 Å². The zero-order chi connectivity index (χ0) is 19.1. The van der Waals surface area contributed by atoms with Gasteiger partial charge < -0.3 is 10.2 Å². The van der Waals surface area contributed by atoms with E-state index in [1.165, 1.54) is 43.2 Å². The number of hydrogen-bond acceptors (Lipinski definition) is 3. The number of amides is 1. The fourth-order valence-corrected chi connectivity index (χ4v) is 5.77. The molecular formula is C23H31ClN4O. The second-order valence-corrected chi connectivity index (χ2v) is 8.87. The van der Waals surface area contributed by atoms with Gasteiger partial charge in [-0.05, 0) is 36.8 Å². The zero-order valence-electron chi connectivity index (χ0n) is 17.1. The fraction of sp³-hybridized carbons (Fsp3) is 0.565. The van der Waals surface area contributed by atoms with Crippen LogP contribution >= 0.6 is 12.4 Å². The van der Waals surface area contributed by atoms with E-state index in [4.69, 9.17) is 0 Å². The Morgan fingerprint density at radius 2 is 1.93 bits per heavy atom. The van der Waals surface area contributed by atoms with Crippen molar-refractivity contribution in [2.75, 3.05) is 19.6 Å². The van der Waals surface area contributed by atoms with Crippen LogP contribution in [0.3, 0.4) is 0 Å². The highest BCUT2D eigenvalue weighted by Gasteiger charge is 2.47. The summed E-state index contributed by atoms with van der Waals surface area (Å²) < 4.78 is 0. The lowest BCUT2D eigenvalue weighted by atomic mass is 9.85. The molecule has 1 aromatic heterocycles. The minimum Gasteiger partial charge on any atom is -0.331 e. The average Bonchev–Trinajstić information content (AvgIpc) is 3.44. The molecule has 3 aliphatic rings. The number of nitrogens with one attached hydrogen (secondary N) is 2. The minimum atomic E-state index is 0. The third kappa shape index (κ3) is 3.59. The van der Waals surface area contributed by atoms with Crippen LogP contribution in [0.4, 0.5) is 0 Å². The van der Waals surface area contributed by atoms with Crippen LogP contribution in [0.25, 0.3) is 0 Å². The molecule has 29 heavy (non-hydrogen) atoms. The Labute approximate surface area is 179 Å². The molecule has 0 unspecified atom stereocenters. The number of benzene rings is 1. The van der Waals surface area contributed by atoms with Crippen molar-refractivity contribution in [2.45, 2.75) is 51.0 Å². The number of fused-ring (bicyclic) bond motifs is 1. The van der Waals surface area contributed by atoms with E-state index in [-0.39, 0.29) is 24.4 Å². The van der Waals surface area contributed by atoms with Gasteiger partial charge >= 0.3 is 0 Å². The Morgan fingerprint density at radius 1 is 1.14 bits per heavy atom. The van der Waals surface area contributed by atoms with E-state index >= 15 is 0 Å². The summed E-state index contributed by atoms with van der Waals surface area (Å²) in [5, 5.41) is 11.0. The van der Waals surface area contributed by atoms with Crippen molar-refractivity contribution < 1.29 is 4.79 Å². The molecule has 5 rings (SSSR count). The topological polar surface area (TPSA) is 61.0 Å². The summed E-state index contributed by atoms with van der Waals surface area (Å²) >= 11 is 0. The van der Waals surface area contributed by atoms with Gasteiger partial charge in [0.1, 0.15) is 0 Å². The smallest absolute Gasteiger partial charge is 0.257 e. The van der Waals surface area contributed by atoms with Gasteiger partial charge in [0, 0.05) is 31.5 Å². The molecule has 5 nitrogen and oxygen atoms in total. The number of carbonyl (C=O) groups is 1. The number of likely N-dealkylation sites (tertiary alicyclic amines) is 1. The molecule has 2 saturated heterocycles. The summed E-state index contributed by atoms with van der Waals surface area (Å²) in [6.07, 6.45) is 7.92. The number of aromatic nitrogens is 2. The van der Waals surface area contributed by atoms with Gasteiger partial charge in [0.25, 0.3) is 5.91 Å². The lowest BCUT2D eigenvalue weighted by Crippen LogP contribution is -2.35. The lowest BCUT2D eigenvalue weighted by molar-refractivity contribution is 0.0711. The van der Waals surface area contributed by atoms with E-state index in [0.29, 0.717) is 17.8 Å². The average molecular weight is 415 g/mol. The van der Waals surface area contributed by atoms with Crippen LogP contribution in [-0.4, -0.2) is 40.6 Å². The van der Waals surface area contributed by atoms with Gasteiger partial charge in [-0.3, -0.25) is 9.89 Å². The van der Waals surface area contributed by atoms with Gasteiger partial charge in [-0.2, -0.15) is 5.10 Å². The molecular weight excluding hydrogens is 384 g/mol. The maximum atomic E-state index is 13.7. The van der Waals surface area contributed by atoms with Crippen molar-refractivity contribution in [3.63, 3.8) is 0 Å². The van der Waals surface area contributed by atoms with E-state index < -0.39 is 0 Å². The number of hydrogen-bond donors (Lipinski definition) is 2. The molecule has 1 aliphatic carbocycles. The molecule has 0 radical (unpaired) electrons. The van der Waals surface area contributed by atoms with Crippen LogP contribution in [0, 0.1) is 18.8 Å². The molecule has 1 saturated carbocycles. The minimum absolute atomic E-state index is 0. The normalized spacial score (nSPS) is 26.9.